The number of ether oxygens (including phenoxy) is 1. The Balaban J connectivity index is 1.91. The van der Waals surface area contributed by atoms with E-state index in [9.17, 15) is 4.39 Å². The number of rotatable bonds is 4. The SMILES string of the molecule is Cc1cnc(OCc2cnoc2)c(-c2ccc(F)cc2)c1. The molecule has 0 saturated heterocycles. The molecule has 0 fully saturated rings. The second-order valence-electron chi connectivity index (χ2n) is 4.69. The highest BCUT2D eigenvalue weighted by Gasteiger charge is 2.09. The van der Waals surface area contributed by atoms with Crippen molar-refractivity contribution in [1.82, 2.24) is 10.1 Å². The zero-order valence-electron chi connectivity index (χ0n) is 11.4. The topological polar surface area (TPSA) is 48.2 Å². The molecule has 3 aromatic rings. The molecule has 0 amide bonds. The second kappa shape index (κ2) is 5.75. The van der Waals surface area contributed by atoms with Crippen LogP contribution in [0.3, 0.4) is 0 Å². The number of pyridine rings is 1. The van der Waals surface area contributed by atoms with Gasteiger partial charge in [0.05, 0.1) is 6.20 Å². The summed E-state index contributed by atoms with van der Waals surface area (Å²) in [6.07, 6.45) is 4.84. The van der Waals surface area contributed by atoms with Crippen molar-refractivity contribution in [3.05, 3.63) is 65.9 Å². The van der Waals surface area contributed by atoms with Crippen LogP contribution in [0.4, 0.5) is 4.39 Å². The molecule has 5 heteroatoms. The van der Waals surface area contributed by atoms with E-state index in [-0.39, 0.29) is 5.82 Å². The summed E-state index contributed by atoms with van der Waals surface area (Å²) in [7, 11) is 0. The maximum absolute atomic E-state index is 13.1. The molecule has 0 radical (unpaired) electrons. The van der Waals surface area contributed by atoms with Crippen LogP contribution in [-0.2, 0) is 6.61 Å². The molecule has 4 nitrogen and oxygen atoms in total. The Bertz CT molecular complexity index is 725. The van der Waals surface area contributed by atoms with Crippen molar-refractivity contribution < 1.29 is 13.7 Å². The Hall–Kier alpha value is -2.69. The maximum Gasteiger partial charge on any atom is 0.221 e. The van der Waals surface area contributed by atoms with E-state index in [1.54, 1.807) is 24.5 Å². The Labute approximate surface area is 121 Å². The van der Waals surface area contributed by atoms with Gasteiger partial charge < -0.3 is 9.26 Å². The van der Waals surface area contributed by atoms with Gasteiger partial charge in [-0.25, -0.2) is 9.37 Å². The van der Waals surface area contributed by atoms with Crippen LogP contribution in [0.25, 0.3) is 11.1 Å². The van der Waals surface area contributed by atoms with Gasteiger partial charge in [0.1, 0.15) is 18.7 Å². The van der Waals surface area contributed by atoms with Crippen molar-refractivity contribution in [2.45, 2.75) is 13.5 Å². The molecule has 2 heterocycles. The van der Waals surface area contributed by atoms with Gasteiger partial charge >= 0.3 is 0 Å². The predicted molar refractivity (Wildman–Crippen MR) is 75.2 cm³/mol. The molecule has 0 atom stereocenters. The molecule has 1 aromatic carbocycles. The first-order valence-electron chi connectivity index (χ1n) is 6.46. The minimum absolute atomic E-state index is 0.272. The number of nitrogens with zero attached hydrogens (tertiary/aromatic N) is 2. The van der Waals surface area contributed by atoms with Crippen LogP contribution in [0.2, 0.25) is 0 Å². The average Bonchev–Trinajstić information content (AvgIpc) is 3.00. The quantitative estimate of drug-likeness (QED) is 0.732. The third kappa shape index (κ3) is 3.08. The van der Waals surface area contributed by atoms with Gasteiger partial charge in [0.2, 0.25) is 5.88 Å². The third-order valence-corrected chi connectivity index (χ3v) is 3.00. The van der Waals surface area contributed by atoms with Gasteiger partial charge in [-0.3, -0.25) is 0 Å². The van der Waals surface area contributed by atoms with Crippen molar-refractivity contribution in [3.63, 3.8) is 0 Å². The fourth-order valence-corrected chi connectivity index (χ4v) is 1.96. The van der Waals surface area contributed by atoms with E-state index < -0.39 is 0 Å². The fraction of sp³-hybridized carbons (Fsp3) is 0.125. The number of aryl methyl sites for hydroxylation is 1. The number of benzene rings is 1. The van der Waals surface area contributed by atoms with Gasteiger partial charge in [-0.05, 0) is 36.2 Å². The summed E-state index contributed by atoms with van der Waals surface area (Å²) in [5, 5.41) is 3.62. The minimum atomic E-state index is -0.272. The summed E-state index contributed by atoms with van der Waals surface area (Å²) in [6, 6.07) is 8.21. The molecule has 106 valence electrons. The molecule has 0 saturated carbocycles. The molecular weight excluding hydrogens is 271 g/mol. The first-order valence-corrected chi connectivity index (χ1v) is 6.46. The lowest BCUT2D eigenvalue weighted by Crippen LogP contribution is -1.98. The summed E-state index contributed by atoms with van der Waals surface area (Å²) < 4.78 is 23.5. The van der Waals surface area contributed by atoms with Crippen LogP contribution in [0.1, 0.15) is 11.1 Å². The van der Waals surface area contributed by atoms with Crippen LogP contribution in [0.15, 0.2) is 53.5 Å². The lowest BCUT2D eigenvalue weighted by Gasteiger charge is -2.10. The van der Waals surface area contributed by atoms with E-state index in [0.717, 1.165) is 22.3 Å². The normalized spacial score (nSPS) is 10.6. The lowest BCUT2D eigenvalue weighted by atomic mass is 10.1. The Morgan fingerprint density at radius 1 is 1.19 bits per heavy atom. The zero-order chi connectivity index (χ0) is 14.7. The van der Waals surface area contributed by atoms with Gasteiger partial charge in [-0.1, -0.05) is 17.3 Å². The molecule has 0 aliphatic heterocycles. The number of hydrogen-bond acceptors (Lipinski definition) is 4. The van der Waals surface area contributed by atoms with Gasteiger partial charge in [0, 0.05) is 17.3 Å². The Morgan fingerprint density at radius 2 is 2.00 bits per heavy atom. The molecule has 0 N–H and O–H groups in total. The summed E-state index contributed by atoms with van der Waals surface area (Å²) in [6.45, 7) is 2.26. The van der Waals surface area contributed by atoms with Crippen molar-refractivity contribution in [2.24, 2.45) is 0 Å². The first-order chi connectivity index (χ1) is 10.2. The van der Waals surface area contributed by atoms with E-state index >= 15 is 0 Å². The maximum atomic E-state index is 13.1. The molecule has 0 spiro atoms. The second-order valence-corrected chi connectivity index (χ2v) is 4.69. The van der Waals surface area contributed by atoms with Gasteiger partial charge in [0.15, 0.2) is 0 Å². The highest BCUT2D eigenvalue weighted by atomic mass is 19.1. The molecule has 3 rings (SSSR count). The van der Waals surface area contributed by atoms with Crippen molar-refractivity contribution in [1.29, 1.82) is 0 Å². The fourth-order valence-electron chi connectivity index (χ4n) is 1.96. The van der Waals surface area contributed by atoms with Crippen molar-refractivity contribution in [2.75, 3.05) is 0 Å². The third-order valence-electron chi connectivity index (χ3n) is 3.00. The highest BCUT2D eigenvalue weighted by molar-refractivity contribution is 5.69. The first kappa shape index (κ1) is 13.3. The van der Waals surface area contributed by atoms with E-state index in [4.69, 9.17) is 9.26 Å². The van der Waals surface area contributed by atoms with E-state index in [1.807, 2.05) is 13.0 Å². The monoisotopic (exact) mass is 284 g/mol. The van der Waals surface area contributed by atoms with E-state index in [2.05, 4.69) is 10.1 Å². The standard InChI is InChI=1S/C16H13FN2O2/c1-11-6-15(13-2-4-14(17)5-3-13)16(18-7-11)20-9-12-8-19-21-10-12/h2-8,10H,9H2,1H3. The van der Waals surface area contributed by atoms with Crippen LogP contribution >= 0.6 is 0 Å². The van der Waals surface area contributed by atoms with E-state index in [0.29, 0.717) is 12.5 Å². The summed E-state index contributed by atoms with van der Waals surface area (Å²) in [5.41, 5.74) is 3.51. The van der Waals surface area contributed by atoms with Gasteiger partial charge in [-0.2, -0.15) is 0 Å². The molecule has 2 aromatic heterocycles. The largest absolute Gasteiger partial charge is 0.472 e. The minimum Gasteiger partial charge on any atom is -0.472 e. The number of aromatic nitrogens is 2. The van der Waals surface area contributed by atoms with Crippen LogP contribution in [0.5, 0.6) is 5.88 Å². The lowest BCUT2D eigenvalue weighted by molar-refractivity contribution is 0.293. The summed E-state index contributed by atoms with van der Waals surface area (Å²) in [4.78, 5) is 4.31. The highest BCUT2D eigenvalue weighted by Crippen LogP contribution is 2.29. The molecule has 0 bridgehead atoms. The van der Waals surface area contributed by atoms with Crippen LogP contribution in [-0.4, -0.2) is 10.1 Å². The number of hydrogen-bond donors (Lipinski definition) is 0. The summed E-state index contributed by atoms with van der Waals surface area (Å²) in [5.74, 6) is 0.222. The van der Waals surface area contributed by atoms with E-state index in [1.165, 1.54) is 18.4 Å². The average molecular weight is 284 g/mol. The number of halogens is 1. The Morgan fingerprint density at radius 3 is 2.71 bits per heavy atom. The molecule has 0 aliphatic carbocycles. The van der Waals surface area contributed by atoms with Gasteiger partial charge in [0.25, 0.3) is 0 Å². The smallest absolute Gasteiger partial charge is 0.221 e. The molecule has 21 heavy (non-hydrogen) atoms. The Kier molecular flexibility index (Phi) is 3.64. The molecular formula is C16H13FN2O2. The predicted octanol–water partition coefficient (Wildman–Crippen LogP) is 3.76. The van der Waals surface area contributed by atoms with Crippen molar-refractivity contribution in [3.8, 4) is 17.0 Å². The van der Waals surface area contributed by atoms with Crippen LogP contribution < -0.4 is 4.74 Å². The van der Waals surface area contributed by atoms with Crippen LogP contribution in [0, 0.1) is 12.7 Å². The molecule has 0 unspecified atom stereocenters. The molecule has 0 aliphatic rings. The summed E-state index contributed by atoms with van der Waals surface area (Å²) >= 11 is 0. The zero-order valence-corrected chi connectivity index (χ0v) is 11.4. The van der Waals surface area contributed by atoms with Gasteiger partial charge in [-0.15, -0.1) is 0 Å². The van der Waals surface area contributed by atoms with Crippen molar-refractivity contribution >= 4 is 0 Å².